The van der Waals surface area contributed by atoms with E-state index in [2.05, 4.69) is 9.97 Å². The fraction of sp³-hybridized carbons (Fsp3) is 0.190. The summed E-state index contributed by atoms with van der Waals surface area (Å²) in [5, 5.41) is 3.44. The molecule has 28 heavy (non-hydrogen) atoms. The van der Waals surface area contributed by atoms with Gasteiger partial charge in [0.25, 0.3) is 0 Å². The molecule has 1 aromatic carbocycles. The summed E-state index contributed by atoms with van der Waals surface area (Å²) in [6, 6.07) is 20.9. The van der Waals surface area contributed by atoms with Crippen molar-refractivity contribution in [1.82, 2.24) is 20.0 Å². The highest BCUT2D eigenvalue weighted by Gasteiger charge is 2.52. The number of aromatic nitrogens is 2. The van der Waals surface area contributed by atoms with Crippen LogP contribution in [-0.2, 0) is 9.47 Å². The summed E-state index contributed by atoms with van der Waals surface area (Å²) in [7, 11) is 0. The molecule has 0 radical (unpaired) electrons. The van der Waals surface area contributed by atoms with E-state index in [9.17, 15) is 4.79 Å². The van der Waals surface area contributed by atoms with Crippen LogP contribution in [0.3, 0.4) is 0 Å². The fourth-order valence-corrected chi connectivity index (χ4v) is 3.64. The summed E-state index contributed by atoms with van der Waals surface area (Å²) in [6.45, 7) is 0.237. The summed E-state index contributed by atoms with van der Waals surface area (Å²) in [5.74, 6) is 0. The third kappa shape index (κ3) is 2.81. The standard InChI is InChI=1S/C21H18N4O3/c26-21-25-20(17-11-5-7-13-23-17)28-19(16-10-4-6-12-22-16)24(25)18(14-27-21)15-8-2-1-3-9-15/h1-13,18-20H,14H2/t18-,19?,20?/m0/s1. The Balaban J connectivity index is 1.61. The van der Waals surface area contributed by atoms with Gasteiger partial charge in [0.2, 0.25) is 0 Å². The molecule has 2 aliphatic rings. The molecule has 7 nitrogen and oxygen atoms in total. The van der Waals surface area contributed by atoms with Gasteiger partial charge in [-0.1, -0.05) is 42.5 Å². The lowest BCUT2D eigenvalue weighted by Crippen LogP contribution is -2.51. The molecule has 1 amide bonds. The first kappa shape index (κ1) is 16.9. The van der Waals surface area contributed by atoms with Gasteiger partial charge in [-0.3, -0.25) is 9.97 Å². The molecule has 2 unspecified atom stereocenters. The highest BCUT2D eigenvalue weighted by atomic mass is 16.6. The van der Waals surface area contributed by atoms with Crippen molar-refractivity contribution in [3.8, 4) is 0 Å². The molecule has 7 heteroatoms. The van der Waals surface area contributed by atoms with Crippen LogP contribution in [0.1, 0.15) is 35.4 Å². The van der Waals surface area contributed by atoms with Gasteiger partial charge < -0.3 is 9.47 Å². The number of fused-ring (bicyclic) bond motifs is 1. The number of pyridine rings is 2. The Morgan fingerprint density at radius 3 is 2.11 bits per heavy atom. The zero-order chi connectivity index (χ0) is 18.9. The highest BCUT2D eigenvalue weighted by Crippen LogP contribution is 2.47. The van der Waals surface area contributed by atoms with Crippen molar-refractivity contribution in [2.75, 3.05) is 6.61 Å². The third-order valence-electron chi connectivity index (χ3n) is 4.91. The maximum Gasteiger partial charge on any atom is 0.427 e. The minimum Gasteiger partial charge on any atom is -0.446 e. The normalized spacial score (nSPS) is 24.6. The Morgan fingerprint density at radius 2 is 1.46 bits per heavy atom. The third-order valence-corrected chi connectivity index (χ3v) is 4.91. The Hall–Kier alpha value is -3.29. The monoisotopic (exact) mass is 374 g/mol. The molecule has 0 spiro atoms. The molecular weight excluding hydrogens is 356 g/mol. The quantitative estimate of drug-likeness (QED) is 0.698. The van der Waals surface area contributed by atoms with Crippen LogP contribution in [0.5, 0.6) is 0 Å². The average molecular weight is 374 g/mol. The van der Waals surface area contributed by atoms with Crippen LogP contribution in [0, 0.1) is 0 Å². The highest BCUT2D eigenvalue weighted by molar-refractivity contribution is 5.68. The van der Waals surface area contributed by atoms with Crippen LogP contribution in [0.2, 0.25) is 0 Å². The maximum atomic E-state index is 12.7. The molecule has 5 rings (SSSR count). The Bertz CT molecular complexity index is 955. The molecule has 0 N–H and O–H groups in total. The van der Waals surface area contributed by atoms with Gasteiger partial charge in [0.05, 0.1) is 17.4 Å². The number of rotatable bonds is 3. The second kappa shape index (κ2) is 7.03. The SMILES string of the molecule is O=C1OC[C@@H](c2ccccc2)N2C(c3ccccn3)OC(c3ccccn3)N12. The number of hydrazine groups is 1. The van der Waals surface area contributed by atoms with Crippen LogP contribution in [0.15, 0.2) is 79.1 Å². The van der Waals surface area contributed by atoms with E-state index in [0.29, 0.717) is 5.69 Å². The number of hydrogen-bond donors (Lipinski definition) is 0. The molecule has 2 aliphatic heterocycles. The van der Waals surface area contributed by atoms with Crippen LogP contribution >= 0.6 is 0 Å². The first-order chi connectivity index (χ1) is 13.8. The van der Waals surface area contributed by atoms with Crippen molar-refractivity contribution < 1.29 is 14.3 Å². The van der Waals surface area contributed by atoms with Gasteiger partial charge in [-0.15, -0.1) is 0 Å². The van der Waals surface area contributed by atoms with Crippen molar-refractivity contribution in [2.45, 2.75) is 18.5 Å². The Kier molecular flexibility index (Phi) is 4.23. The van der Waals surface area contributed by atoms with E-state index in [4.69, 9.17) is 9.47 Å². The molecule has 4 heterocycles. The average Bonchev–Trinajstić information content (AvgIpc) is 3.17. The molecule has 2 saturated heterocycles. The zero-order valence-corrected chi connectivity index (χ0v) is 15.0. The van der Waals surface area contributed by atoms with Gasteiger partial charge in [-0.25, -0.2) is 9.80 Å². The molecule has 2 fully saturated rings. The second-order valence-corrected chi connectivity index (χ2v) is 6.58. The minimum absolute atomic E-state index is 0.195. The first-order valence-corrected chi connectivity index (χ1v) is 9.09. The number of nitrogens with zero attached hydrogens (tertiary/aromatic N) is 4. The van der Waals surface area contributed by atoms with Gasteiger partial charge in [0.1, 0.15) is 6.61 Å². The van der Waals surface area contributed by atoms with E-state index in [0.717, 1.165) is 11.3 Å². The van der Waals surface area contributed by atoms with Gasteiger partial charge in [-0.2, -0.15) is 5.01 Å². The molecule has 3 aromatic rings. The summed E-state index contributed by atoms with van der Waals surface area (Å²) in [6.07, 6.45) is 1.72. The molecule has 140 valence electrons. The van der Waals surface area contributed by atoms with Gasteiger partial charge >= 0.3 is 6.09 Å². The summed E-state index contributed by atoms with van der Waals surface area (Å²) in [5.41, 5.74) is 2.39. The molecule has 0 saturated carbocycles. The molecule has 0 aliphatic carbocycles. The van der Waals surface area contributed by atoms with Crippen LogP contribution in [0.4, 0.5) is 4.79 Å². The van der Waals surface area contributed by atoms with Crippen LogP contribution in [-0.4, -0.2) is 32.7 Å². The molecule has 3 atom stereocenters. The lowest BCUT2D eigenvalue weighted by molar-refractivity contribution is -0.112. The van der Waals surface area contributed by atoms with Crippen LogP contribution < -0.4 is 0 Å². The smallest absolute Gasteiger partial charge is 0.427 e. The number of carbonyl (C=O) groups excluding carboxylic acids is 1. The molecule has 2 aromatic heterocycles. The number of cyclic esters (lactones) is 1. The lowest BCUT2D eigenvalue weighted by atomic mass is 10.1. The predicted octanol–water partition coefficient (Wildman–Crippen LogP) is 3.61. The first-order valence-electron chi connectivity index (χ1n) is 9.09. The number of hydrogen-bond acceptors (Lipinski definition) is 6. The molecule has 0 bridgehead atoms. The van der Waals surface area contributed by atoms with Gasteiger partial charge in [0, 0.05) is 12.4 Å². The Morgan fingerprint density at radius 1 is 0.821 bits per heavy atom. The van der Waals surface area contributed by atoms with Crippen LogP contribution in [0.25, 0.3) is 0 Å². The lowest BCUT2D eigenvalue weighted by Gasteiger charge is -2.40. The predicted molar refractivity (Wildman–Crippen MR) is 99.3 cm³/mol. The largest absolute Gasteiger partial charge is 0.446 e. The van der Waals surface area contributed by atoms with Crippen molar-refractivity contribution in [3.63, 3.8) is 0 Å². The summed E-state index contributed by atoms with van der Waals surface area (Å²) < 4.78 is 11.8. The number of benzene rings is 1. The molecular formula is C21H18N4O3. The number of amides is 1. The van der Waals surface area contributed by atoms with Gasteiger partial charge in [0.15, 0.2) is 12.5 Å². The Labute approximate surface area is 162 Å². The maximum absolute atomic E-state index is 12.7. The zero-order valence-electron chi connectivity index (χ0n) is 15.0. The summed E-state index contributed by atoms with van der Waals surface area (Å²) >= 11 is 0. The van der Waals surface area contributed by atoms with Gasteiger partial charge in [-0.05, 0) is 29.8 Å². The van der Waals surface area contributed by atoms with Crippen molar-refractivity contribution >= 4 is 6.09 Å². The van der Waals surface area contributed by atoms with E-state index in [1.165, 1.54) is 5.01 Å². The number of ether oxygens (including phenoxy) is 2. The topological polar surface area (TPSA) is 67.8 Å². The van der Waals surface area contributed by atoms with E-state index in [-0.39, 0.29) is 12.6 Å². The van der Waals surface area contributed by atoms with Crippen molar-refractivity contribution in [1.29, 1.82) is 0 Å². The van der Waals surface area contributed by atoms with E-state index in [1.54, 1.807) is 12.4 Å². The number of carbonyl (C=O) groups is 1. The van der Waals surface area contributed by atoms with Crippen molar-refractivity contribution in [3.05, 3.63) is 96.1 Å². The van der Waals surface area contributed by atoms with E-state index < -0.39 is 18.5 Å². The second-order valence-electron chi connectivity index (χ2n) is 6.58. The van der Waals surface area contributed by atoms with E-state index in [1.807, 2.05) is 71.7 Å². The van der Waals surface area contributed by atoms with Crippen molar-refractivity contribution in [2.24, 2.45) is 0 Å². The fourth-order valence-electron chi connectivity index (χ4n) is 3.64. The summed E-state index contributed by atoms with van der Waals surface area (Å²) in [4.78, 5) is 21.6. The van der Waals surface area contributed by atoms with E-state index >= 15 is 0 Å². The minimum atomic E-state index is -0.688.